The van der Waals surface area contributed by atoms with Gasteiger partial charge in [-0.05, 0) is 36.2 Å². The summed E-state index contributed by atoms with van der Waals surface area (Å²) in [5.74, 6) is 0.894. The Bertz CT molecular complexity index is 591. The van der Waals surface area contributed by atoms with Gasteiger partial charge in [0.05, 0.1) is 7.11 Å². The van der Waals surface area contributed by atoms with Crippen LogP contribution in [0.25, 0.3) is 0 Å². The average molecular weight is 366 g/mol. The molecule has 2 rings (SSSR count). The molecule has 0 bridgehead atoms. The molecule has 2 nitrogen and oxygen atoms in total. The van der Waals surface area contributed by atoms with Gasteiger partial charge in [-0.25, -0.2) is 0 Å². The number of ether oxygens (including phenoxy) is 1. The van der Waals surface area contributed by atoms with E-state index < -0.39 is 0 Å². The predicted molar refractivity (Wildman–Crippen MR) is 94.0 cm³/mol. The molecule has 2 N–H and O–H groups in total. The zero-order valence-electron chi connectivity index (χ0n) is 12.3. The number of rotatable bonds is 6. The van der Waals surface area contributed by atoms with Crippen molar-refractivity contribution in [2.75, 3.05) is 7.11 Å². The van der Waals surface area contributed by atoms with E-state index in [0.29, 0.717) is 0 Å². The molecule has 0 aliphatic carbocycles. The molecular weight excluding hydrogens is 346 g/mol. The van der Waals surface area contributed by atoms with E-state index in [2.05, 4.69) is 47.1 Å². The Kier molecular flexibility index (Phi) is 6.15. The zero-order chi connectivity index (χ0) is 15.2. The van der Waals surface area contributed by atoms with Gasteiger partial charge in [-0.15, -0.1) is 11.8 Å². The van der Waals surface area contributed by atoms with Crippen LogP contribution in [0, 0.1) is 0 Å². The van der Waals surface area contributed by atoms with Crippen molar-refractivity contribution in [1.29, 1.82) is 0 Å². The van der Waals surface area contributed by atoms with E-state index in [1.165, 1.54) is 5.56 Å². The molecule has 4 heteroatoms. The van der Waals surface area contributed by atoms with Crippen LogP contribution in [0.1, 0.15) is 24.2 Å². The Morgan fingerprint density at radius 2 is 1.95 bits per heavy atom. The highest BCUT2D eigenvalue weighted by Crippen LogP contribution is 2.42. The first-order chi connectivity index (χ1) is 10.2. The number of benzene rings is 2. The summed E-state index contributed by atoms with van der Waals surface area (Å²) in [6.07, 6.45) is 0.930. The fourth-order valence-corrected chi connectivity index (χ4v) is 3.92. The summed E-state index contributed by atoms with van der Waals surface area (Å²) in [5.41, 5.74) is 7.59. The molecule has 2 aromatic carbocycles. The molecule has 0 saturated carbocycles. The highest BCUT2D eigenvalue weighted by atomic mass is 79.9. The lowest BCUT2D eigenvalue weighted by Gasteiger charge is -2.24. The van der Waals surface area contributed by atoms with Crippen LogP contribution < -0.4 is 10.5 Å². The maximum atomic E-state index is 6.36. The van der Waals surface area contributed by atoms with Crippen LogP contribution in [-0.2, 0) is 0 Å². The topological polar surface area (TPSA) is 35.2 Å². The van der Waals surface area contributed by atoms with Crippen molar-refractivity contribution in [3.8, 4) is 5.75 Å². The van der Waals surface area contributed by atoms with Crippen LogP contribution in [0.15, 0.2) is 57.9 Å². The van der Waals surface area contributed by atoms with Crippen LogP contribution in [0.4, 0.5) is 0 Å². The van der Waals surface area contributed by atoms with Crippen molar-refractivity contribution in [2.24, 2.45) is 5.73 Å². The van der Waals surface area contributed by atoms with Crippen molar-refractivity contribution in [1.82, 2.24) is 0 Å². The molecular formula is C17H20BrNOS. The molecule has 0 saturated heterocycles. The SMILES string of the molecule is CCC(N)C(Sc1ccccc1OC)c1cccc(Br)c1. The molecule has 0 aliphatic rings. The summed E-state index contributed by atoms with van der Waals surface area (Å²) in [4.78, 5) is 1.12. The van der Waals surface area contributed by atoms with Crippen LogP contribution in [0.3, 0.4) is 0 Å². The molecule has 2 atom stereocenters. The smallest absolute Gasteiger partial charge is 0.132 e. The second-order valence-corrected chi connectivity index (χ2v) is 6.92. The van der Waals surface area contributed by atoms with Gasteiger partial charge in [0.15, 0.2) is 0 Å². The molecule has 0 amide bonds. The Hall–Kier alpha value is -0.970. The molecule has 0 fully saturated rings. The summed E-state index contributed by atoms with van der Waals surface area (Å²) in [6, 6.07) is 16.5. The minimum absolute atomic E-state index is 0.0919. The molecule has 2 unspecified atom stereocenters. The van der Waals surface area contributed by atoms with Gasteiger partial charge in [0, 0.05) is 20.7 Å². The van der Waals surface area contributed by atoms with Crippen molar-refractivity contribution >= 4 is 27.7 Å². The fraction of sp³-hybridized carbons (Fsp3) is 0.294. The number of para-hydroxylation sites is 1. The lowest BCUT2D eigenvalue weighted by Crippen LogP contribution is -2.25. The van der Waals surface area contributed by atoms with Gasteiger partial charge < -0.3 is 10.5 Å². The van der Waals surface area contributed by atoms with Gasteiger partial charge in [0.25, 0.3) is 0 Å². The van der Waals surface area contributed by atoms with Crippen LogP contribution >= 0.6 is 27.7 Å². The van der Waals surface area contributed by atoms with Gasteiger partial charge in [-0.1, -0.05) is 47.1 Å². The summed E-state index contributed by atoms with van der Waals surface area (Å²) < 4.78 is 6.53. The quantitative estimate of drug-likeness (QED) is 0.729. The van der Waals surface area contributed by atoms with E-state index in [0.717, 1.165) is 21.5 Å². The summed E-state index contributed by atoms with van der Waals surface area (Å²) in [7, 11) is 1.70. The summed E-state index contributed by atoms with van der Waals surface area (Å²) >= 11 is 5.30. The molecule has 0 heterocycles. The number of hydrogen-bond acceptors (Lipinski definition) is 3. The Labute approximate surface area is 139 Å². The molecule has 0 radical (unpaired) electrons. The number of methoxy groups -OCH3 is 1. The minimum Gasteiger partial charge on any atom is -0.496 e. The molecule has 0 spiro atoms. The van der Waals surface area contributed by atoms with E-state index in [4.69, 9.17) is 10.5 Å². The van der Waals surface area contributed by atoms with Crippen molar-refractivity contribution in [2.45, 2.75) is 29.5 Å². The highest BCUT2D eigenvalue weighted by molar-refractivity contribution is 9.10. The Morgan fingerprint density at radius 3 is 2.62 bits per heavy atom. The second kappa shape index (κ2) is 7.87. The average Bonchev–Trinajstić information content (AvgIpc) is 2.52. The highest BCUT2D eigenvalue weighted by Gasteiger charge is 2.21. The van der Waals surface area contributed by atoms with Gasteiger partial charge in [-0.3, -0.25) is 0 Å². The molecule has 21 heavy (non-hydrogen) atoms. The molecule has 0 aromatic heterocycles. The first-order valence-corrected chi connectivity index (χ1v) is 8.63. The fourth-order valence-electron chi connectivity index (χ4n) is 2.15. The van der Waals surface area contributed by atoms with Crippen molar-refractivity contribution in [3.05, 3.63) is 58.6 Å². The minimum atomic E-state index is 0.0919. The van der Waals surface area contributed by atoms with Gasteiger partial charge in [0.1, 0.15) is 5.75 Å². The summed E-state index contributed by atoms with van der Waals surface area (Å²) in [6.45, 7) is 2.12. The molecule has 0 aliphatic heterocycles. The van der Waals surface area contributed by atoms with Gasteiger partial charge >= 0.3 is 0 Å². The second-order valence-electron chi connectivity index (χ2n) is 4.82. The van der Waals surface area contributed by atoms with Crippen LogP contribution in [-0.4, -0.2) is 13.2 Å². The third-order valence-electron chi connectivity index (χ3n) is 3.36. The lowest BCUT2D eigenvalue weighted by molar-refractivity contribution is 0.404. The first kappa shape index (κ1) is 16.4. The Balaban J connectivity index is 2.33. The predicted octanol–water partition coefficient (Wildman–Crippen LogP) is 5.03. The van der Waals surface area contributed by atoms with Crippen molar-refractivity contribution in [3.63, 3.8) is 0 Å². The normalized spacial score (nSPS) is 13.7. The maximum Gasteiger partial charge on any atom is 0.132 e. The standard InChI is InChI=1S/C17H20BrNOS/c1-3-14(19)17(12-7-6-8-13(18)11-12)21-16-10-5-4-9-15(16)20-2/h4-11,14,17H,3,19H2,1-2H3. The number of halogens is 1. The van der Waals surface area contributed by atoms with E-state index in [-0.39, 0.29) is 11.3 Å². The van der Waals surface area contributed by atoms with E-state index >= 15 is 0 Å². The van der Waals surface area contributed by atoms with E-state index in [1.807, 2.05) is 24.3 Å². The van der Waals surface area contributed by atoms with Gasteiger partial charge in [-0.2, -0.15) is 0 Å². The Morgan fingerprint density at radius 1 is 1.19 bits per heavy atom. The largest absolute Gasteiger partial charge is 0.496 e. The van der Waals surface area contributed by atoms with Crippen molar-refractivity contribution < 1.29 is 4.74 Å². The monoisotopic (exact) mass is 365 g/mol. The third kappa shape index (κ3) is 4.25. The number of thioether (sulfide) groups is 1. The number of nitrogens with two attached hydrogens (primary N) is 1. The molecule has 112 valence electrons. The van der Waals surface area contributed by atoms with Crippen LogP contribution in [0.5, 0.6) is 5.75 Å². The summed E-state index contributed by atoms with van der Waals surface area (Å²) in [5, 5.41) is 0.198. The van der Waals surface area contributed by atoms with E-state index in [1.54, 1.807) is 18.9 Å². The van der Waals surface area contributed by atoms with Crippen LogP contribution in [0.2, 0.25) is 0 Å². The zero-order valence-corrected chi connectivity index (χ0v) is 14.7. The van der Waals surface area contributed by atoms with Gasteiger partial charge in [0.2, 0.25) is 0 Å². The number of hydrogen-bond donors (Lipinski definition) is 1. The van der Waals surface area contributed by atoms with E-state index in [9.17, 15) is 0 Å². The first-order valence-electron chi connectivity index (χ1n) is 6.96. The maximum absolute atomic E-state index is 6.36. The molecule has 2 aromatic rings. The third-order valence-corrected chi connectivity index (χ3v) is 5.32. The lowest BCUT2D eigenvalue weighted by atomic mass is 10.0.